The van der Waals surface area contributed by atoms with Crippen LogP contribution in [0.25, 0.3) is 6.08 Å². The lowest BCUT2D eigenvalue weighted by molar-refractivity contribution is -0.123. The van der Waals surface area contributed by atoms with Crippen LogP contribution in [-0.2, 0) is 16.1 Å². The number of imide groups is 1. The van der Waals surface area contributed by atoms with E-state index in [9.17, 15) is 9.59 Å². The van der Waals surface area contributed by atoms with Gasteiger partial charge in [-0.05, 0) is 70.6 Å². The predicted molar refractivity (Wildman–Crippen MR) is 119 cm³/mol. The minimum atomic E-state index is -0.276. The van der Waals surface area contributed by atoms with E-state index in [1.165, 1.54) is 10.5 Å². The lowest BCUT2D eigenvalue weighted by Crippen LogP contribution is -2.31. The summed E-state index contributed by atoms with van der Waals surface area (Å²) in [6.07, 6.45) is 1.74. The number of methoxy groups -OCH3 is 1. The highest BCUT2D eigenvalue weighted by Gasteiger charge is 2.34. The van der Waals surface area contributed by atoms with Gasteiger partial charge in [0.05, 0.1) is 21.6 Å². The molecule has 2 aromatic carbocycles. The van der Waals surface area contributed by atoms with Crippen molar-refractivity contribution in [1.29, 1.82) is 0 Å². The molecule has 2 amide bonds. The maximum Gasteiger partial charge on any atom is 0.293 e. The molecule has 1 aliphatic heterocycles. The van der Waals surface area contributed by atoms with E-state index >= 15 is 0 Å². The van der Waals surface area contributed by atoms with Gasteiger partial charge < -0.3 is 9.47 Å². The molecule has 1 saturated heterocycles. The monoisotopic (exact) mass is 509 g/mol. The average Bonchev–Trinajstić information content (AvgIpc) is 2.94. The van der Waals surface area contributed by atoms with Crippen LogP contribution in [0.3, 0.4) is 0 Å². The normalized spacial score (nSPS) is 15.5. The minimum absolute atomic E-state index is 0.263. The molecule has 0 radical (unpaired) electrons. The highest BCUT2D eigenvalue weighted by Crippen LogP contribution is 2.33. The molecular weight excluding hydrogens is 489 g/mol. The zero-order chi connectivity index (χ0) is 20.1. The largest absolute Gasteiger partial charge is 0.488 e. The molecule has 0 spiro atoms. The Morgan fingerprint density at radius 2 is 1.89 bits per heavy atom. The molecule has 5 nitrogen and oxygen atoms in total. The quantitative estimate of drug-likeness (QED) is 0.394. The van der Waals surface area contributed by atoms with Crippen molar-refractivity contribution < 1.29 is 19.1 Å². The Kier molecular flexibility index (Phi) is 7.14. The lowest BCUT2D eigenvalue weighted by atomic mass is 10.1. The third kappa shape index (κ3) is 5.15. The lowest BCUT2D eigenvalue weighted by Gasteiger charge is -2.11. The van der Waals surface area contributed by atoms with E-state index in [4.69, 9.17) is 9.47 Å². The van der Waals surface area contributed by atoms with Crippen LogP contribution in [0, 0.1) is 10.5 Å². The van der Waals surface area contributed by atoms with Crippen LogP contribution in [0.1, 0.15) is 16.7 Å². The van der Waals surface area contributed by atoms with Gasteiger partial charge in [0.15, 0.2) is 0 Å². The first-order valence-corrected chi connectivity index (χ1v) is 10.6. The molecule has 1 aliphatic rings. The second-order valence-electron chi connectivity index (χ2n) is 6.29. The Bertz CT molecular complexity index is 911. The molecule has 1 fully saturated rings. The fourth-order valence-electron chi connectivity index (χ4n) is 2.60. The topological polar surface area (TPSA) is 55.8 Å². The molecule has 0 aliphatic carbocycles. The van der Waals surface area contributed by atoms with Gasteiger partial charge in [0, 0.05) is 7.11 Å². The smallest absolute Gasteiger partial charge is 0.293 e. The number of carbonyl (C=O) groups excluding carboxylic acids is 2. The number of carbonyl (C=O) groups is 2. The summed E-state index contributed by atoms with van der Waals surface area (Å²) >= 11 is 3.17. The van der Waals surface area contributed by atoms with E-state index < -0.39 is 0 Å². The first-order chi connectivity index (χ1) is 13.5. The summed E-state index contributed by atoms with van der Waals surface area (Å²) in [5.74, 6) is 0.508. The first kappa shape index (κ1) is 20.9. The van der Waals surface area contributed by atoms with Crippen molar-refractivity contribution in [2.24, 2.45) is 0 Å². The molecule has 28 heavy (non-hydrogen) atoms. The van der Waals surface area contributed by atoms with Crippen LogP contribution in [0.15, 0.2) is 47.4 Å². The zero-order valence-corrected chi connectivity index (χ0v) is 18.6. The summed E-state index contributed by atoms with van der Waals surface area (Å²) in [6.45, 7) is 3.14. The van der Waals surface area contributed by atoms with Crippen LogP contribution in [0.2, 0.25) is 0 Å². The molecule has 0 aromatic heterocycles. The zero-order valence-electron chi connectivity index (χ0n) is 15.6. The van der Waals surface area contributed by atoms with E-state index in [1.807, 2.05) is 18.2 Å². The van der Waals surface area contributed by atoms with Crippen molar-refractivity contribution in [3.63, 3.8) is 0 Å². The second-order valence-corrected chi connectivity index (χ2v) is 8.45. The number of nitrogens with zero attached hydrogens (tertiary/aromatic N) is 1. The Balaban J connectivity index is 1.68. The van der Waals surface area contributed by atoms with Crippen LogP contribution in [-0.4, -0.2) is 36.3 Å². The number of hydrogen-bond donors (Lipinski definition) is 0. The Labute approximate surface area is 182 Å². The van der Waals surface area contributed by atoms with Gasteiger partial charge in [-0.1, -0.05) is 35.9 Å². The summed E-state index contributed by atoms with van der Waals surface area (Å²) in [6, 6.07) is 13.9. The minimum Gasteiger partial charge on any atom is -0.488 e. The number of amides is 2. The number of aryl methyl sites for hydroxylation is 1. The SMILES string of the molecule is COCCN1C(=O)S/C(=C/c2ccc(OCc3ccc(C)cc3)c(I)c2)C1=O. The van der Waals surface area contributed by atoms with E-state index in [0.29, 0.717) is 18.1 Å². The van der Waals surface area contributed by atoms with Crippen molar-refractivity contribution in [3.05, 3.63) is 67.6 Å². The Morgan fingerprint density at radius 1 is 1.14 bits per heavy atom. The Morgan fingerprint density at radius 3 is 2.57 bits per heavy atom. The number of benzene rings is 2. The third-order valence-electron chi connectivity index (χ3n) is 4.16. The summed E-state index contributed by atoms with van der Waals surface area (Å²) in [7, 11) is 1.54. The number of hydrogen-bond acceptors (Lipinski definition) is 5. The standard InChI is InChI=1S/C21H20INO4S/c1-14-3-5-15(6-4-14)13-27-18-8-7-16(11-17(18)22)12-19-20(24)23(9-10-26-2)21(25)28-19/h3-8,11-12H,9-10,13H2,1-2H3/b19-12+. The predicted octanol–water partition coefficient (Wildman–Crippen LogP) is 4.86. The van der Waals surface area contributed by atoms with Crippen LogP contribution >= 0.6 is 34.4 Å². The van der Waals surface area contributed by atoms with Gasteiger partial charge in [-0.15, -0.1) is 0 Å². The molecular formula is C21H20INO4S. The van der Waals surface area contributed by atoms with Crippen molar-refractivity contribution >= 4 is 51.6 Å². The van der Waals surface area contributed by atoms with Gasteiger partial charge in [0.25, 0.3) is 11.1 Å². The van der Waals surface area contributed by atoms with E-state index in [0.717, 1.165) is 32.2 Å². The molecule has 3 rings (SSSR count). The van der Waals surface area contributed by atoms with Crippen LogP contribution in [0.5, 0.6) is 5.75 Å². The van der Waals surface area contributed by atoms with Crippen molar-refractivity contribution in [1.82, 2.24) is 4.90 Å². The number of thioether (sulfide) groups is 1. The van der Waals surface area contributed by atoms with Gasteiger partial charge in [0.1, 0.15) is 12.4 Å². The maximum absolute atomic E-state index is 12.4. The number of halogens is 1. The highest BCUT2D eigenvalue weighted by atomic mass is 127. The van der Waals surface area contributed by atoms with Gasteiger partial charge in [-0.2, -0.15) is 0 Å². The van der Waals surface area contributed by atoms with E-state index in [-0.39, 0.29) is 17.7 Å². The molecule has 0 bridgehead atoms. The molecule has 0 saturated carbocycles. The van der Waals surface area contributed by atoms with Gasteiger partial charge in [-0.25, -0.2) is 0 Å². The summed E-state index contributed by atoms with van der Waals surface area (Å²) in [4.78, 5) is 26.0. The molecule has 2 aromatic rings. The maximum atomic E-state index is 12.4. The average molecular weight is 509 g/mol. The highest BCUT2D eigenvalue weighted by molar-refractivity contribution is 14.1. The molecule has 0 atom stereocenters. The van der Waals surface area contributed by atoms with Crippen molar-refractivity contribution in [2.45, 2.75) is 13.5 Å². The number of ether oxygens (including phenoxy) is 2. The fourth-order valence-corrected chi connectivity index (χ4v) is 4.16. The molecule has 146 valence electrons. The fraction of sp³-hybridized carbons (Fsp3) is 0.238. The van der Waals surface area contributed by atoms with Gasteiger partial charge >= 0.3 is 0 Å². The first-order valence-electron chi connectivity index (χ1n) is 8.70. The Hall–Kier alpha value is -1.84. The summed E-state index contributed by atoms with van der Waals surface area (Å²) in [5.41, 5.74) is 3.17. The molecule has 0 unspecified atom stereocenters. The van der Waals surface area contributed by atoms with Crippen LogP contribution in [0.4, 0.5) is 4.79 Å². The third-order valence-corrected chi connectivity index (χ3v) is 5.91. The molecule has 0 N–H and O–H groups in total. The van der Waals surface area contributed by atoms with E-state index in [2.05, 4.69) is 53.8 Å². The number of rotatable bonds is 7. The molecule has 7 heteroatoms. The molecule has 1 heterocycles. The van der Waals surface area contributed by atoms with Gasteiger partial charge in [0.2, 0.25) is 0 Å². The summed E-state index contributed by atoms with van der Waals surface area (Å²) < 4.78 is 11.8. The van der Waals surface area contributed by atoms with Crippen molar-refractivity contribution in [3.8, 4) is 5.75 Å². The summed E-state index contributed by atoms with van der Waals surface area (Å²) in [5, 5.41) is -0.263. The van der Waals surface area contributed by atoms with Crippen LogP contribution < -0.4 is 4.74 Å². The van der Waals surface area contributed by atoms with E-state index in [1.54, 1.807) is 13.2 Å². The van der Waals surface area contributed by atoms with Gasteiger partial charge in [-0.3, -0.25) is 14.5 Å². The van der Waals surface area contributed by atoms with Crippen molar-refractivity contribution in [2.75, 3.05) is 20.3 Å². The second kappa shape index (κ2) is 9.58.